The van der Waals surface area contributed by atoms with Gasteiger partial charge in [-0.25, -0.2) is 39.7 Å². The number of anilines is 1. The van der Waals surface area contributed by atoms with Gasteiger partial charge in [0.15, 0.2) is 0 Å². The Morgan fingerprint density at radius 1 is 0.667 bits per heavy atom. The molecule has 9 N–H and O–H groups in total. The quantitative estimate of drug-likeness (QED) is 0.0269. The molecular formula is C62H67N13O15S6. The number of benzene rings is 1. The van der Waals surface area contributed by atoms with Gasteiger partial charge in [-0.15, -0.1) is 68.0 Å². The number of thiazole rings is 6. The van der Waals surface area contributed by atoms with Crippen LogP contribution in [0.1, 0.15) is 158 Å². The topological polar surface area (TPSA) is 407 Å². The van der Waals surface area contributed by atoms with Crippen LogP contribution < -0.4 is 31.5 Å². The molecule has 506 valence electrons. The summed E-state index contributed by atoms with van der Waals surface area (Å²) in [6.45, 7) is 4.53. The van der Waals surface area contributed by atoms with E-state index in [-0.39, 0.29) is 111 Å². The van der Waals surface area contributed by atoms with Crippen LogP contribution in [0.15, 0.2) is 64.0 Å². The molecule has 5 atom stereocenters. The second kappa shape index (κ2) is 33.2. The van der Waals surface area contributed by atoms with Crippen molar-refractivity contribution in [3.63, 3.8) is 0 Å². The molecule has 1 aliphatic rings. The van der Waals surface area contributed by atoms with E-state index in [1.165, 1.54) is 35.8 Å². The van der Waals surface area contributed by atoms with Crippen molar-refractivity contribution in [1.82, 2.24) is 61.5 Å². The lowest BCUT2D eigenvalue weighted by molar-refractivity contribution is -0.142. The molecule has 0 fully saturated rings. The number of carbonyl (C=O) groups excluding carboxylic acids is 6. The Hall–Kier alpha value is -8.90. The minimum Gasteiger partial charge on any atom is -0.481 e. The molecule has 6 amide bonds. The summed E-state index contributed by atoms with van der Waals surface area (Å²) in [5, 5.41) is 62.8. The molecule has 9 rings (SSSR count). The predicted octanol–water partition coefficient (Wildman–Crippen LogP) is 9.25. The molecule has 0 aliphatic carbocycles. The van der Waals surface area contributed by atoms with Gasteiger partial charge in [0.1, 0.15) is 82.2 Å². The largest absolute Gasteiger partial charge is 0.481 e. The van der Waals surface area contributed by atoms with E-state index < -0.39 is 90.2 Å². The van der Waals surface area contributed by atoms with Crippen molar-refractivity contribution in [3.8, 4) is 43.4 Å². The number of aliphatic carboxylic acids is 3. The predicted molar refractivity (Wildman–Crippen MR) is 359 cm³/mol. The van der Waals surface area contributed by atoms with E-state index in [2.05, 4.69) is 36.6 Å². The average molecular weight is 1430 g/mol. The van der Waals surface area contributed by atoms with Crippen LogP contribution in [0.5, 0.6) is 0 Å². The molecule has 8 heterocycles. The van der Waals surface area contributed by atoms with Crippen molar-refractivity contribution in [2.45, 2.75) is 109 Å². The van der Waals surface area contributed by atoms with Gasteiger partial charge < -0.3 is 56.5 Å². The van der Waals surface area contributed by atoms with Crippen molar-refractivity contribution in [3.05, 3.63) is 111 Å². The Morgan fingerprint density at radius 2 is 1.35 bits per heavy atom. The summed E-state index contributed by atoms with van der Waals surface area (Å²) in [5.74, 6) is -7.27. The highest BCUT2D eigenvalue weighted by Gasteiger charge is 2.34. The molecule has 0 saturated carbocycles. The maximum absolute atomic E-state index is 14.4. The van der Waals surface area contributed by atoms with Crippen molar-refractivity contribution >= 4 is 127 Å². The number of methoxy groups -OCH3 is 1. The van der Waals surface area contributed by atoms with Gasteiger partial charge in [0.05, 0.1) is 54.8 Å². The Balaban J connectivity index is 1.09. The molecule has 7 aromatic heterocycles. The van der Waals surface area contributed by atoms with Crippen LogP contribution in [0.25, 0.3) is 43.4 Å². The highest BCUT2D eigenvalue weighted by molar-refractivity contribution is 7.15. The summed E-state index contributed by atoms with van der Waals surface area (Å²) in [7, 11) is 2.90. The number of carboxylic acid groups (broad SMARTS) is 3. The number of unbranched alkanes of at least 4 members (excludes halogenated alkanes) is 2. The van der Waals surface area contributed by atoms with Gasteiger partial charge in [-0.2, -0.15) is 0 Å². The molecule has 1 aliphatic heterocycles. The molecule has 0 spiro atoms. The number of carboxylic acids is 3. The van der Waals surface area contributed by atoms with Gasteiger partial charge in [0.25, 0.3) is 17.7 Å². The third kappa shape index (κ3) is 18.2. The lowest BCUT2D eigenvalue weighted by Gasteiger charge is -2.23. The molecule has 10 bridgehead atoms. The standard InChI is InChI=1S/C62H67N13O15S6/c1-30(2)46-60-74-49(40(96-60)25-89-5)53(84)64-24-43(77)71-50(51(82)32-13-7-6-8-14-32)59-69-39(28-93-59)57-67-37(26-92-57)48-34(55-68-38(27-91-55)52(83)66-36(23-42(76)63-4)58-73-47(31(3)95-58)54(85)72-46)18-19-35(65-48)56-70-41(29-94-56)75(21-12-11-17-45(80)81)62(88)90-22-20-33(61(86)87)15-9-10-16-44(78)79/h6-8,13-14,18-19,26-30,33,36,46,50-51,82H,9-12,15-17,20-25H2,1-5H3,(H,63,76)(H,64,84)(H,66,83)(H,71,77)(H,72,85)(H,78,79)(H,80,81)(H,86,87)/t33?,36-,46?,50-,51-/m0/s1. The highest BCUT2D eigenvalue weighted by atomic mass is 32.1. The summed E-state index contributed by atoms with van der Waals surface area (Å²) in [5.41, 5.74) is 2.11. The number of pyridine rings is 1. The molecule has 8 aromatic rings. The first-order valence-electron chi connectivity index (χ1n) is 30.1. The maximum Gasteiger partial charge on any atom is 0.415 e. The average Bonchev–Trinajstić information content (AvgIpc) is 1.61. The minimum absolute atomic E-state index is 0.0151. The number of amides is 6. The first-order chi connectivity index (χ1) is 46.1. The minimum atomic E-state index is -1.33. The lowest BCUT2D eigenvalue weighted by atomic mass is 9.98. The number of rotatable bonds is 23. The van der Waals surface area contributed by atoms with Crippen LogP contribution in [0.4, 0.5) is 10.6 Å². The molecule has 2 unspecified atom stereocenters. The van der Waals surface area contributed by atoms with E-state index in [1.807, 2.05) is 13.8 Å². The number of aromatic nitrogens is 7. The fourth-order valence-electron chi connectivity index (χ4n) is 9.97. The number of ether oxygens (including phenoxy) is 2. The van der Waals surface area contributed by atoms with Gasteiger partial charge in [-0.05, 0) is 62.6 Å². The highest BCUT2D eigenvalue weighted by Crippen LogP contribution is 2.41. The first kappa shape index (κ1) is 71.4. The second-order valence-electron chi connectivity index (χ2n) is 22.2. The van der Waals surface area contributed by atoms with Crippen molar-refractivity contribution in [2.24, 2.45) is 11.8 Å². The zero-order valence-corrected chi connectivity index (χ0v) is 57.2. The number of hydrogen-bond donors (Lipinski definition) is 9. The Labute approximate surface area is 573 Å². The van der Waals surface area contributed by atoms with E-state index in [1.54, 1.807) is 65.5 Å². The molecule has 0 radical (unpaired) electrons. The van der Waals surface area contributed by atoms with Crippen LogP contribution in [-0.4, -0.2) is 143 Å². The molecular weight excluding hydrogens is 1360 g/mol. The summed E-state index contributed by atoms with van der Waals surface area (Å²) < 4.78 is 11.1. The number of aliphatic hydroxyl groups is 1. The Kier molecular flexibility index (Phi) is 24.7. The van der Waals surface area contributed by atoms with Crippen LogP contribution in [0, 0.1) is 18.8 Å². The monoisotopic (exact) mass is 1430 g/mol. The van der Waals surface area contributed by atoms with E-state index in [0.29, 0.717) is 69.4 Å². The molecule has 1 aromatic carbocycles. The number of fused-ring (bicyclic) bond motifs is 14. The third-order valence-corrected chi connectivity index (χ3v) is 20.7. The second-order valence-corrected chi connectivity index (χ2v) is 28.0. The van der Waals surface area contributed by atoms with Crippen LogP contribution in [-0.2, 0) is 40.1 Å². The normalized spacial score (nSPS) is 15.9. The fraction of sp³-hybridized carbons (Fsp3) is 0.387. The van der Waals surface area contributed by atoms with E-state index in [0.717, 1.165) is 56.7 Å². The van der Waals surface area contributed by atoms with Crippen molar-refractivity contribution < 1.29 is 73.1 Å². The van der Waals surface area contributed by atoms with E-state index >= 15 is 0 Å². The van der Waals surface area contributed by atoms with E-state index in [9.17, 15) is 58.5 Å². The first-order valence-corrected chi connectivity index (χ1v) is 35.3. The zero-order valence-electron chi connectivity index (χ0n) is 52.3. The molecule has 96 heavy (non-hydrogen) atoms. The number of aliphatic hydroxyl groups excluding tert-OH is 1. The molecule has 34 heteroatoms. The van der Waals surface area contributed by atoms with Gasteiger partial charge in [-0.1, -0.05) is 50.6 Å². The lowest BCUT2D eigenvalue weighted by Crippen LogP contribution is -2.40. The zero-order chi connectivity index (χ0) is 68.7. The van der Waals surface area contributed by atoms with Crippen molar-refractivity contribution in [1.29, 1.82) is 0 Å². The van der Waals surface area contributed by atoms with Gasteiger partial charge in [-0.3, -0.25) is 43.3 Å². The van der Waals surface area contributed by atoms with Crippen molar-refractivity contribution in [2.75, 3.05) is 38.8 Å². The fourth-order valence-corrected chi connectivity index (χ4v) is 15.5. The number of nitrogens with zero attached hydrogens (tertiary/aromatic N) is 8. The molecule has 28 nitrogen and oxygen atoms in total. The SMILES string of the molecule is CNC(=O)C[C@@H]1NC(=O)c2csc(n2)-c2ccc(-c3nc(N(CCCCC(=O)O)C(=O)OCCC(CCCCC(=O)O)C(=O)O)cs3)nc2-c2csc(n2)-c2csc(n2)[C@H]([C@@H](O)c2ccccc2)NC(=O)CNC(=O)c2nc(sc2COC)C(C(C)C)NC(=O)c2nc1sc2C. The van der Waals surface area contributed by atoms with Gasteiger partial charge in [0.2, 0.25) is 11.8 Å². The van der Waals surface area contributed by atoms with Crippen LogP contribution >= 0.6 is 68.0 Å². The summed E-state index contributed by atoms with van der Waals surface area (Å²) in [4.78, 5) is 154. The number of carbonyl (C=O) groups is 9. The van der Waals surface area contributed by atoms with Crippen LogP contribution in [0.3, 0.4) is 0 Å². The molecule has 0 saturated heterocycles. The Morgan fingerprint density at radius 3 is 2.07 bits per heavy atom. The van der Waals surface area contributed by atoms with Crippen LogP contribution in [0.2, 0.25) is 0 Å². The van der Waals surface area contributed by atoms with Gasteiger partial charge >= 0.3 is 24.0 Å². The number of nitrogens with one attached hydrogen (secondary N) is 5. The van der Waals surface area contributed by atoms with Gasteiger partial charge in [0, 0.05) is 65.5 Å². The number of hydrogen-bond acceptors (Lipinski definition) is 25. The Bertz CT molecular complexity index is 4130. The maximum atomic E-state index is 14.4. The third-order valence-electron chi connectivity index (χ3n) is 15.0. The summed E-state index contributed by atoms with van der Waals surface area (Å²) >= 11 is 6.86. The van der Waals surface area contributed by atoms with E-state index in [4.69, 9.17) is 39.5 Å². The summed E-state index contributed by atoms with van der Waals surface area (Å²) in [6, 6.07) is 9.09. The summed E-state index contributed by atoms with van der Waals surface area (Å²) in [6.07, 6.45) is -1.55. The smallest absolute Gasteiger partial charge is 0.415 e. The number of aryl methyl sites for hydroxylation is 1.